The predicted octanol–water partition coefficient (Wildman–Crippen LogP) is 2.08. The quantitative estimate of drug-likeness (QED) is 0.814. The third-order valence-electron chi connectivity index (χ3n) is 4.29. The summed E-state index contributed by atoms with van der Waals surface area (Å²) in [7, 11) is -3.43. The number of ether oxygens (including phenoxy) is 1. The molecule has 7 heteroatoms. The van der Waals surface area contributed by atoms with Crippen molar-refractivity contribution < 1.29 is 17.6 Å². The molecule has 1 aliphatic heterocycles. The van der Waals surface area contributed by atoms with Crippen LogP contribution in [0.25, 0.3) is 0 Å². The Kier molecular flexibility index (Phi) is 5.90. The second kappa shape index (κ2) is 8.14. The highest BCUT2D eigenvalue weighted by atomic mass is 32.2. The molecule has 2 heterocycles. The third kappa shape index (κ3) is 5.15. The molecule has 0 aliphatic carbocycles. The molecule has 1 unspecified atom stereocenters. The molecule has 0 amide bonds. The second-order valence-electron chi connectivity index (χ2n) is 6.28. The van der Waals surface area contributed by atoms with Crippen molar-refractivity contribution in [3.05, 3.63) is 59.5 Å². The van der Waals surface area contributed by atoms with Crippen LogP contribution in [0.4, 0.5) is 0 Å². The van der Waals surface area contributed by atoms with E-state index in [2.05, 4.69) is 9.62 Å². The lowest BCUT2D eigenvalue weighted by molar-refractivity contribution is 0.0128. The van der Waals surface area contributed by atoms with Gasteiger partial charge < -0.3 is 9.15 Å². The van der Waals surface area contributed by atoms with Gasteiger partial charge in [-0.3, -0.25) is 4.90 Å². The number of nitrogens with zero attached hydrogens (tertiary/aromatic N) is 1. The summed E-state index contributed by atoms with van der Waals surface area (Å²) >= 11 is 0. The summed E-state index contributed by atoms with van der Waals surface area (Å²) in [5, 5.41) is 0. The minimum atomic E-state index is -3.43. The van der Waals surface area contributed by atoms with Crippen molar-refractivity contribution in [2.24, 2.45) is 0 Å². The van der Waals surface area contributed by atoms with Gasteiger partial charge in [-0.25, -0.2) is 13.1 Å². The average Bonchev–Trinajstić information content (AvgIpc) is 3.10. The number of hydrogen-bond donors (Lipinski definition) is 1. The van der Waals surface area contributed by atoms with Gasteiger partial charge in [0.05, 0.1) is 31.3 Å². The van der Waals surface area contributed by atoms with Gasteiger partial charge in [-0.2, -0.15) is 0 Å². The van der Waals surface area contributed by atoms with Crippen molar-refractivity contribution in [1.29, 1.82) is 0 Å². The fourth-order valence-corrected chi connectivity index (χ4v) is 4.19. The van der Waals surface area contributed by atoms with Crippen molar-refractivity contribution in [2.75, 3.05) is 32.8 Å². The largest absolute Gasteiger partial charge is 0.468 e. The molecule has 6 nitrogen and oxygen atoms in total. The van der Waals surface area contributed by atoms with Gasteiger partial charge in [0.15, 0.2) is 0 Å². The zero-order valence-electron chi connectivity index (χ0n) is 14.3. The van der Waals surface area contributed by atoms with Gasteiger partial charge in [0.25, 0.3) is 0 Å². The SMILES string of the molecule is Cc1cccc(CS(=O)(=O)NCC(c2ccco2)N2CCOCC2)c1. The molecule has 1 aromatic heterocycles. The van der Waals surface area contributed by atoms with Gasteiger partial charge >= 0.3 is 0 Å². The first-order valence-electron chi connectivity index (χ1n) is 8.41. The maximum Gasteiger partial charge on any atom is 0.215 e. The summed E-state index contributed by atoms with van der Waals surface area (Å²) in [6.07, 6.45) is 1.62. The Morgan fingerprint density at radius 2 is 2.00 bits per heavy atom. The Bertz CT molecular complexity index is 768. The van der Waals surface area contributed by atoms with Crippen LogP contribution in [0, 0.1) is 6.92 Å². The Labute approximate surface area is 148 Å². The van der Waals surface area contributed by atoms with Crippen LogP contribution >= 0.6 is 0 Å². The van der Waals surface area contributed by atoms with E-state index in [1.807, 2.05) is 43.3 Å². The molecule has 1 atom stereocenters. The molecule has 25 heavy (non-hydrogen) atoms. The van der Waals surface area contributed by atoms with Crippen LogP contribution in [0.3, 0.4) is 0 Å². The van der Waals surface area contributed by atoms with Crippen LogP contribution in [0.1, 0.15) is 22.9 Å². The molecular weight excluding hydrogens is 340 g/mol. The summed E-state index contributed by atoms with van der Waals surface area (Å²) in [4.78, 5) is 2.19. The zero-order valence-corrected chi connectivity index (χ0v) is 15.2. The highest BCUT2D eigenvalue weighted by molar-refractivity contribution is 7.88. The molecule has 1 fully saturated rings. The smallest absolute Gasteiger partial charge is 0.215 e. The number of sulfonamides is 1. The van der Waals surface area contributed by atoms with Crippen molar-refractivity contribution in [3.63, 3.8) is 0 Å². The highest BCUT2D eigenvalue weighted by Crippen LogP contribution is 2.22. The van der Waals surface area contributed by atoms with Crippen LogP contribution < -0.4 is 4.72 Å². The first-order valence-corrected chi connectivity index (χ1v) is 10.1. The van der Waals surface area contributed by atoms with Crippen LogP contribution in [-0.2, 0) is 20.5 Å². The topological polar surface area (TPSA) is 71.8 Å². The van der Waals surface area contributed by atoms with Crippen LogP contribution in [-0.4, -0.2) is 46.2 Å². The molecule has 2 aromatic rings. The number of rotatable bonds is 7. The van der Waals surface area contributed by atoms with Crippen LogP contribution in [0.2, 0.25) is 0 Å². The summed E-state index contributed by atoms with van der Waals surface area (Å²) in [5.41, 5.74) is 1.84. The second-order valence-corrected chi connectivity index (χ2v) is 8.08. The van der Waals surface area contributed by atoms with Gasteiger partial charge in [-0.1, -0.05) is 29.8 Å². The van der Waals surface area contributed by atoms with Crippen molar-refractivity contribution in [2.45, 2.75) is 18.7 Å². The molecule has 1 aromatic carbocycles. The van der Waals surface area contributed by atoms with Gasteiger partial charge in [0.2, 0.25) is 10.0 Å². The zero-order chi connectivity index (χ0) is 17.7. The number of furan rings is 1. The maximum absolute atomic E-state index is 12.5. The molecule has 0 radical (unpaired) electrons. The molecule has 3 rings (SSSR count). The summed E-state index contributed by atoms with van der Waals surface area (Å²) in [6, 6.07) is 11.1. The number of nitrogens with one attached hydrogen (secondary N) is 1. The van der Waals surface area contributed by atoms with E-state index in [-0.39, 0.29) is 18.3 Å². The molecule has 0 saturated carbocycles. The first-order chi connectivity index (χ1) is 12.0. The van der Waals surface area contributed by atoms with E-state index in [1.54, 1.807) is 6.26 Å². The lowest BCUT2D eigenvalue weighted by atomic mass is 10.2. The molecule has 136 valence electrons. The lowest BCUT2D eigenvalue weighted by Crippen LogP contribution is -2.43. The van der Waals surface area contributed by atoms with E-state index in [0.29, 0.717) is 13.2 Å². The number of hydrogen-bond acceptors (Lipinski definition) is 5. The lowest BCUT2D eigenvalue weighted by Gasteiger charge is -2.33. The van der Waals surface area contributed by atoms with E-state index in [0.717, 1.165) is 30.0 Å². The summed E-state index contributed by atoms with van der Waals surface area (Å²) in [5.74, 6) is 0.739. The summed E-state index contributed by atoms with van der Waals surface area (Å²) < 4.78 is 38.6. The molecule has 0 spiro atoms. The van der Waals surface area contributed by atoms with Crippen LogP contribution in [0.5, 0.6) is 0 Å². The summed E-state index contributed by atoms with van der Waals surface area (Å²) in [6.45, 7) is 5.03. The van der Waals surface area contributed by atoms with E-state index >= 15 is 0 Å². The Hall–Kier alpha value is -1.67. The minimum Gasteiger partial charge on any atom is -0.468 e. The fraction of sp³-hybridized carbons (Fsp3) is 0.444. The molecule has 1 saturated heterocycles. The molecule has 1 aliphatic rings. The van der Waals surface area contributed by atoms with E-state index in [4.69, 9.17) is 9.15 Å². The van der Waals surface area contributed by atoms with E-state index in [1.165, 1.54) is 0 Å². The maximum atomic E-state index is 12.5. The first kappa shape index (κ1) is 18.1. The number of aryl methyl sites for hydroxylation is 1. The third-order valence-corrected chi connectivity index (χ3v) is 5.61. The van der Waals surface area contributed by atoms with Gasteiger partial charge in [-0.05, 0) is 24.6 Å². The van der Waals surface area contributed by atoms with E-state index < -0.39 is 10.0 Å². The van der Waals surface area contributed by atoms with E-state index in [9.17, 15) is 8.42 Å². The predicted molar refractivity (Wildman–Crippen MR) is 95.6 cm³/mol. The number of morpholine rings is 1. The average molecular weight is 364 g/mol. The Morgan fingerprint density at radius 3 is 2.68 bits per heavy atom. The normalized spacial score (nSPS) is 17.5. The minimum absolute atomic E-state index is 0.0251. The fourth-order valence-electron chi connectivity index (χ4n) is 3.06. The monoisotopic (exact) mass is 364 g/mol. The van der Waals surface area contributed by atoms with Gasteiger partial charge in [0.1, 0.15) is 5.76 Å². The van der Waals surface area contributed by atoms with Gasteiger partial charge in [-0.15, -0.1) is 0 Å². The molecular formula is C18H24N2O4S. The van der Waals surface area contributed by atoms with Crippen molar-refractivity contribution >= 4 is 10.0 Å². The standard InChI is InChI=1S/C18H24N2O4S/c1-15-4-2-5-16(12-15)14-25(21,22)19-13-17(18-6-3-9-24-18)20-7-10-23-11-8-20/h2-6,9,12,17,19H,7-8,10-11,13-14H2,1H3. The van der Waals surface area contributed by atoms with Crippen molar-refractivity contribution in [1.82, 2.24) is 9.62 Å². The molecule has 1 N–H and O–H groups in total. The van der Waals surface area contributed by atoms with Crippen LogP contribution in [0.15, 0.2) is 47.1 Å². The molecule has 0 bridgehead atoms. The Balaban J connectivity index is 1.67. The highest BCUT2D eigenvalue weighted by Gasteiger charge is 2.26. The Morgan fingerprint density at radius 1 is 1.20 bits per heavy atom. The van der Waals surface area contributed by atoms with Gasteiger partial charge in [0, 0.05) is 19.6 Å². The number of benzene rings is 1. The van der Waals surface area contributed by atoms with Crippen molar-refractivity contribution in [3.8, 4) is 0 Å².